The second-order valence-electron chi connectivity index (χ2n) is 14.4. The molecule has 3 heteroatoms. The lowest BCUT2D eigenvalue weighted by Crippen LogP contribution is -2.58. The minimum absolute atomic E-state index is 0.0152. The fourth-order valence-electron chi connectivity index (χ4n) is 10.6. The summed E-state index contributed by atoms with van der Waals surface area (Å²) in [5, 5.41) is 0. The Morgan fingerprint density at radius 3 is 2.47 bits per heavy atom. The van der Waals surface area contributed by atoms with Crippen molar-refractivity contribution in [3.8, 4) is 0 Å². The predicted molar refractivity (Wildman–Crippen MR) is 137 cm³/mol. The van der Waals surface area contributed by atoms with E-state index < -0.39 is 0 Å². The van der Waals surface area contributed by atoms with Gasteiger partial charge in [0.05, 0.1) is 12.0 Å². The molecule has 5 aliphatic rings. The normalized spacial score (nSPS) is 50.6. The number of hydrogen-bond acceptors (Lipinski definition) is 3. The van der Waals surface area contributed by atoms with E-state index in [1.165, 1.54) is 44.9 Å². The highest BCUT2D eigenvalue weighted by Gasteiger charge is 2.65. The smallest absolute Gasteiger partial charge is 0.309 e. The molecule has 0 radical (unpaired) electrons. The number of cyclic esters (lactones) is 1. The van der Waals surface area contributed by atoms with Crippen LogP contribution < -0.4 is 0 Å². The van der Waals surface area contributed by atoms with Gasteiger partial charge in [0.1, 0.15) is 6.10 Å². The van der Waals surface area contributed by atoms with Crippen molar-refractivity contribution in [2.45, 2.75) is 118 Å². The molecule has 34 heavy (non-hydrogen) atoms. The van der Waals surface area contributed by atoms with E-state index in [0.29, 0.717) is 34.2 Å². The van der Waals surface area contributed by atoms with Crippen molar-refractivity contribution in [1.82, 2.24) is 0 Å². The number of esters is 1. The average Bonchev–Trinajstić information content (AvgIpc) is 3.22. The molecule has 0 N–H and O–H groups in total. The first-order chi connectivity index (χ1) is 15.9. The summed E-state index contributed by atoms with van der Waals surface area (Å²) in [7, 11) is 1.92. The van der Waals surface area contributed by atoms with Gasteiger partial charge in [-0.15, -0.1) is 0 Å². The Bertz CT molecular complexity index is 859. The molecule has 3 saturated carbocycles. The molecule has 0 spiro atoms. The Morgan fingerprint density at radius 2 is 1.82 bits per heavy atom. The van der Waals surface area contributed by atoms with Crippen molar-refractivity contribution >= 4 is 5.97 Å². The van der Waals surface area contributed by atoms with Crippen molar-refractivity contribution in [2.24, 2.45) is 51.2 Å². The summed E-state index contributed by atoms with van der Waals surface area (Å²) in [4.78, 5) is 12.0. The predicted octanol–water partition coefficient (Wildman–Crippen LogP) is 7.58. The van der Waals surface area contributed by atoms with Crippen molar-refractivity contribution in [3.05, 3.63) is 11.6 Å². The molecular weight excluding hydrogens is 420 g/mol. The van der Waals surface area contributed by atoms with Gasteiger partial charge in [0.25, 0.3) is 0 Å². The van der Waals surface area contributed by atoms with Crippen LogP contribution in [0.3, 0.4) is 0 Å². The molecule has 0 aromatic rings. The van der Waals surface area contributed by atoms with E-state index in [9.17, 15) is 4.79 Å². The summed E-state index contributed by atoms with van der Waals surface area (Å²) in [5.74, 6) is 2.86. The number of methoxy groups -OCH3 is 1. The van der Waals surface area contributed by atoms with Crippen LogP contribution in [-0.2, 0) is 14.3 Å². The fraction of sp³-hybridized carbons (Fsp3) is 0.903. The van der Waals surface area contributed by atoms with Crippen LogP contribution in [0.15, 0.2) is 11.6 Å². The lowest BCUT2D eigenvalue weighted by atomic mass is 9.41. The van der Waals surface area contributed by atoms with Crippen LogP contribution in [0.2, 0.25) is 0 Å². The van der Waals surface area contributed by atoms with Crippen LogP contribution in [0.4, 0.5) is 0 Å². The quantitative estimate of drug-likeness (QED) is 0.314. The molecule has 1 aliphatic heterocycles. The van der Waals surface area contributed by atoms with E-state index in [1.807, 2.05) is 19.6 Å². The topological polar surface area (TPSA) is 35.5 Å². The van der Waals surface area contributed by atoms with E-state index in [1.54, 1.807) is 0 Å². The van der Waals surface area contributed by atoms with Gasteiger partial charge < -0.3 is 9.47 Å². The lowest BCUT2D eigenvalue weighted by molar-refractivity contribution is -0.145. The third kappa shape index (κ3) is 3.27. The molecule has 4 fully saturated rings. The Hall–Kier alpha value is -0.830. The van der Waals surface area contributed by atoms with Gasteiger partial charge in [0.2, 0.25) is 0 Å². The van der Waals surface area contributed by atoms with E-state index in [4.69, 9.17) is 9.47 Å². The third-order valence-corrected chi connectivity index (χ3v) is 12.7. The number of allylic oxidation sites excluding steroid dienone is 2. The molecule has 0 aromatic heterocycles. The first kappa shape index (κ1) is 24.8. The Kier molecular flexibility index (Phi) is 5.91. The van der Waals surface area contributed by atoms with Crippen LogP contribution in [0.25, 0.3) is 0 Å². The molecule has 0 bridgehead atoms. The highest BCUT2D eigenvalue weighted by atomic mass is 16.5. The molecule has 10 atom stereocenters. The molecule has 1 saturated heterocycles. The second-order valence-corrected chi connectivity index (χ2v) is 14.4. The highest BCUT2D eigenvalue weighted by Crippen LogP contribution is 2.73. The van der Waals surface area contributed by atoms with Crippen LogP contribution in [-0.4, -0.2) is 25.3 Å². The zero-order chi connectivity index (χ0) is 24.7. The molecule has 0 aromatic carbocycles. The van der Waals surface area contributed by atoms with Gasteiger partial charge in [-0.3, -0.25) is 4.79 Å². The van der Waals surface area contributed by atoms with Gasteiger partial charge in [0.15, 0.2) is 0 Å². The second kappa shape index (κ2) is 8.09. The third-order valence-electron chi connectivity index (χ3n) is 12.7. The zero-order valence-corrected chi connectivity index (χ0v) is 23.2. The van der Waals surface area contributed by atoms with Gasteiger partial charge in [-0.2, -0.15) is 0 Å². The minimum atomic E-state index is 0.0152. The summed E-state index contributed by atoms with van der Waals surface area (Å²) in [6.07, 6.45) is 14.3. The monoisotopic (exact) mass is 470 g/mol. The number of ether oxygens (including phenoxy) is 2. The molecule has 192 valence electrons. The average molecular weight is 471 g/mol. The van der Waals surface area contributed by atoms with Crippen molar-refractivity contribution in [1.29, 1.82) is 0 Å². The lowest BCUT2D eigenvalue weighted by Gasteiger charge is -2.64. The molecule has 1 heterocycles. The van der Waals surface area contributed by atoms with Crippen molar-refractivity contribution in [3.63, 3.8) is 0 Å². The van der Waals surface area contributed by atoms with Crippen LogP contribution >= 0.6 is 0 Å². The van der Waals surface area contributed by atoms with Crippen LogP contribution in [0, 0.1) is 51.2 Å². The first-order valence-corrected chi connectivity index (χ1v) is 14.3. The maximum absolute atomic E-state index is 12.0. The fourth-order valence-corrected chi connectivity index (χ4v) is 10.6. The Balaban J connectivity index is 1.40. The molecule has 5 rings (SSSR count). The minimum Gasteiger partial charge on any atom is -0.462 e. The van der Waals surface area contributed by atoms with Gasteiger partial charge in [-0.05, 0) is 103 Å². The summed E-state index contributed by atoms with van der Waals surface area (Å²) >= 11 is 0. The van der Waals surface area contributed by atoms with E-state index in [0.717, 1.165) is 24.7 Å². The number of hydrogen-bond donors (Lipinski definition) is 0. The molecule has 0 amide bonds. The standard InChI is InChI=1S/C31H50O3/c1-19(17-21-18-20(2)27(32)34-21)22-11-15-31(7)24-9-10-25-28(3,4)26(33-8)13-14-29(25,5)23(24)12-16-30(22,31)6/h9,19-23,25-26H,10-18H2,1-8H3/t19-,20?,21?,22-,23+,25+,26?,29-,30-,31+/m1/s1. The van der Waals surface area contributed by atoms with E-state index in [-0.39, 0.29) is 23.4 Å². The molecule has 3 nitrogen and oxygen atoms in total. The summed E-state index contributed by atoms with van der Waals surface area (Å²) < 4.78 is 11.7. The Morgan fingerprint density at radius 1 is 1.09 bits per heavy atom. The number of carbonyl (C=O) groups is 1. The summed E-state index contributed by atoms with van der Waals surface area (Å²) in [6, 6.07) is 0. The molecule has 4 aliphatic carbocycles. The Labute approximate surface area is 208 Å². The van der Waals surface area contributed by atoms with Crippen LogP contribution in [0.1, 0.15) is 106 Å². The van der Waals surface area contributed by atoms with Gasteiger partial charge in [-0.25, -0.2) is 0 Å². The summed E-state index contributed by atoms with van der Waals surface area (Å²) in [5.41, 5.74) is 3.11. The van der Waals surface area contributed by atoms with Crippen molar-refractivity contribution < 1.29 is 14.3 Å². The molecular formula is C31H50O3. The van der Waals surface area contributed by atoms with Gasteiger partial charge >= 0.3 is 5.97 Å². The van der Waals surface area contributed by atoms with E-state index >= 15 is 0 Å². The van der Waals surface area contributed by atoms with Gasteiger partial charge in [0, 0.05) is 7.11 Å². The van der Waals surface area contributed by atoms with Gasteiger partial charge in [-0.1, -0.05) is 60.1 Å². The zero-order valence-electron chi connectivity index (χ0n) is 23.2. The maximum Gasteiger partial charge on any atom is 0.309 e. The van der Waals surface area contributed by atoms with Crippen LogP contribution in [0.5, 0.6) is 0 Å². The van der Waals surface area contributed by atoms with E-state index in [2.05, 4.69) is 47.6 Å². The summed E-state index contributed by atoms with van der Waals surface area (Å²) in [6.45, 7) is 17.3. The van der Waals surface area contributed by atoms with Crippen molar-refractivity contribution in [2.75, 3.05) is 7.11 Å². The largest absolute Gasteiger partial charge is 0.462 e. The first-order valence-electron chi connectivity index (χ1n) is 14.3. The molecule has 3 unspecified atom stereocenters. The number of carbonyl (C=O) groups excluding carboxylic acids is 1. The number of fused-ring (bicyclic) bond motifs is 5. The maximum atomic E-state index is 12.0. The highest BCUT2D eigenvalue weighted by molar-refractivity contribution is 5.74. The number of rotatable bonds is 4. The SMILES string of the molecule is COC1CC[C@]2(C)[C@H]3CC[C@]4(C)[C@@H]([C@H](C)CC5CC(C)C(=O)O5)CC[C@@]4(C)C3=CC[C@H]2C1(C)C.